The topological polar surface area (TPSA) is 54.5 Å². The average Bonchev–Trinajstić information content (AvgIpc) is 2.68. The normalized spacial score (nSPS) is 15.7. The molecule has 0 bridgehead atoms. The Hall–Kier alpha value is -2.40. The van der Waals surface area contributed by atoms with E-state index in [1.54, 1.807) is 0 Å². The number of ether oxygens (including phenoxy) is 1. The van der Waals surface area contributed by atoms with E-state index < -0.39 is 0 Å². The predicted octanol–water partition coefficient (Wildman–Crippen LogP) is 3.11. The average molecular weight is 339 g/mol. The molecule has 1 aliphatic rings. The third-order valence-electron chi connectivity index (χ3n) is 4.53. The minimum atomic E-state index is -0.0332. The van der Waals surface area contributed by atoms with E-state index in [0.29, 0.717) is 5.56 Å². The highest BCUT2D eigenvalue weighted by molar-refractivity contribution is 5.95. The van der Waals surface area contributed by atoms with Gasteiger partial charge in [-0.15, -0.1) is 0 Å². The van der Waals surface area contributed by atoms with Gasteiger partial charge >= 0.3 is 0 Å². The first-order chi connectivity index (χ1) is 12.2. The minimum absolute atomic E-state index is 0.0332. The molecule has 0 saturated carbocycles. The van der Waals surface area contributed by atoms with Gasteiger partial charge in [0.05, 0.1) is 13.2 Å². The van der Waals surface area contributed by atoms with Crippen LogP contribution in [0.4, 0.5) is 5.82 Å². The number of carbonyl (C=O) groups excluding carboxylic acids is 1. The highest BCUT2D eigenvalue weighted by Gasteiger charge is 2.13. The number of pyridine rings is 1. The van der Waals surface area contributed by atoms with Crippen molar-refractivity contribution in [3.05, 3.63) is 48.2 Å². The van der Waals surface area contributed by atoms with Crippen LogP contribution in [0.25, 0.3) is 11.1 Å². The van der Waals surface area contributed by atoms with E-state index in [0.717, 1.165) is 49.7 Å². The lowest BCUT2D eigenvalue weighted by molar-refractivity contribution is 0.0939. The molecule has 0 radical (unpaired) electrons. The number of nitrogens with zero attached hydrogens (tertiary/aromatic N) is 2. The van der Waals surface area contributed by atoms with Crippen LogP contribution in [0.3, 0.4) is 0 Å². The third-order valence-corrected chi connectivity index (χ3v) is 4.53. The van der Waals surface area contributed by atoms with Gasteiger partial charge in [0.1, 0.15) is 5.82 Å². The van der Waals surface area contributed by atoms with Gasteiger partial charge in [0.2, 0.25) is 0 Å². The van der Waals surface area contributed by atoms with Crippen LogP contribution >= 0.6 is 0 Å². The number of morpholine rings is 1. The molecule has 5 heteroatoms. The number of hydrogen-bond acceptors (Lipinski definition) is 4. The molecule has 0 spiro atoms. The molecule has 1 N–H and O–H groups in total. The lowest BCUT2D eigenvalue weighted by atomic mass is 10.0. The molecule has 132 valence electrons. The molecule has 25 heavy (non-hydrogen) atoms. The molecule has 3 rings (SSSR count). The van der Waals surface area contributed by atoms with Gasteiger partial charge in [-0.3, -0.25) is 4.79 Å². The van der Waals surface area contributed by atoms with E-state index in [2.05, 4.69) is 28.2 Å². The quantitative estimate of drug-likeness (QED) is 0.909. The molecule has 1 unspecified atom stereocenters. The molecule has 2 aromatic rings. The molecule has 2 heterocycles. The highest BCUT2D eigenvalue weighted by Crippen LogP contribution is 2.22. The zero-order valence-electron chi connectivity index (χ0n) is 14.9. The number of carbonyl (C=O) groups is 1. The maximum atomic E-state index is 12.3. The Morgan fingerprint density at radius 1 is 1.24 bits per heavy atom. The Labute approximate surface area is 149 Å². The molecule has 1 aromatic heterocycles. The largest absolute Gasteiger partial charge is 0.378 e. The van der Waals surface area contributed by atoms with Crippen LogP contribution in [-0.2, 0) is 4.74 Å². The van der Waals surface area contributed by atoms with Gasteiger partial charge in [-0.2, -0.15) is 0 Å². The summed E-state index contributed by atoms with van der Waals surface area (Å²) in [4.78, 5) is 19.1. The summed E-state index contributed by atoms with van der Waals surface area (Å²) in [5.74, 6) is 0.937. The van der Waals surface area contributed by atoms with Crippen LogP contribution in [0, 0.1) is 0 Å². The Morgan fingerprint density at radius 2 is 2.04 bits per heavy atom. The number of rotatable bonds is 5. The maximum absolute atomic E-state index is 12.3. The fourth-order valence-corrected chi connectivity index (χ4v) is 2.79. The predicted molar refractivity (Wildman–Crippen MR) is 99.9 cm³/mol. The zero-order valence-corrected chi connectivity index (χ0v) is 14.9. The van der Waals surface area contributed by atoms with Crippen molar-refractivity contribution in [3.63, 3.8) is 0 Å². The molecular weight excluding hydrogens is 314 g/mol. The van der Waals surface area contributed by atoms with Crippen molar-refractivity contribution in [2.45, 2.75) is 26.3 Å². The minimum Gasteiger partial charge on any atom is -0.378 e. The Morgan fingerprint density at radius 3 is 2.72 bits per heavy atom. The molecule has 1 aromatic carbocycles. The number of benzene rings is 1. The fourth-order valence-electron chi connectivity index (χ4n) is 2.79. The van der Waals surface area contributed by atoms with Gasteiger partial charge in [-0.05, 0) is 43.2 Å². The first kappa shape index (κ1) is 17.4. The van der Waals surface area contributed by atoms with Crippen LogP contribution in [0.5, 0.6) is 0 Å². The van der Waals surface area contributed by atoms with E-state index in [9.17, 15) is 4.79 Å². The summed E-state index contributed by atoms with van der Waals surface area (Å²) in [5.41, 5.74) is 2.68. The van der Waals surface area contributed by atoms with Gasteiger partial charge in [0.15, 0.2) is 0 Å². The number of amides is 1. The zero-order chi connectivity index (χ0) is 17.6. The Balaban J connectivity index is 1.75. The SMILES string of the molecule is CCC(C)NC(=O)c1cccc(-c2ccc(N3CCOCC3)nc2)c1. The summed E-state index contributed by atoms with van der Waals surface area (Å²) in [6.07, 6.45) is 2.79. The fraction of sp³-hybridized carbons (Fsp3) is 0.400. The molecule has 5 nitrogen and oxygen atoms in total. The van der Waals surface area contributed by atoms with Crippen LogP contribution in [0.1, 0.15) is 30.6 Å². The molecular formula is C20H25N3O2. The van der Waals surface area contributed by atoms with Crippen molar-refractivity contribution in [3.8, 4) is 11.1 Å². The molecule has 1 atom stereocenters. The smallest absolute Gasteiger partial charge is 0.251 e. The van der Waals surface area contributed by atoms with E-state index in [-0.39, 0.29) is 11.9 Å². The van der Waals surface area contributed by atoms with Crippen molar-refractivity contribution >= 4 is 11.7 Å². The third kappa shape index (κ3) is 4.37. The van der Waals surface area contributed by atoms with Crippen LogP contribution < -0.4 is 10.2 Å². The van der Waals surface area contributed by atoms with E-state index >= 15 is 0 Å². The van der Waals surface area contributed by atoms with Crippen molar-refractivity contribution < 1.29 is 9.53 Å². The van der Waals surface area contributed by atoms with Crippen molar-refractivity contribution in [2.75, 3.05) is 31.2 Å². The number of aromatic nitrogens is 1. The molecule has 0 aliphatic carbocycles. The monoisotopic (exact) mass is 339 g/mol. The van der Waals surface area contributed by atoms with Crippen LogP contribution in [0.15, 0.2) is 42.6 Å². The van der Waals surface area contributed by atoms with Gasteiger partial charge in [0.25, 0.3) is 5.91 Å². The first-order valence-corrected chi connectivity index (χ1v) is 8.87. The van der Waals surface area contributed by atoms with Crippen molar-refractivity contribution in [1.82, 2.24) is 10.3 Å². The van der Waals surface area contributed by atoms with Crippen molar-refractivity contribution in [2.24, 2.45) is 0 Å². The van der Waals surface area contributed by atoms with Crippen LogP contribution in [0.2, 0.25) is 0 Å². The molecule has 1 aliphatic heterocycles. The summed E-state index contributed by atoms with van der Waals surface area (Å²) in [6, 6.07) is 11.9. The summed E-state index contributed by atoms with van der Waals surface area (Å²) in [7, 11) is 0. The number of hydrogen-bond donors (Lipinski definition) is 1. The second-order valence-corrected chi connectivity index (χ2v) is 6.37. The molecule has 1 fully saturated rings. The lowest BCUT2D eigenvalue weighted by Crippen LogP contribution is -2.36. The molecule has 1 amide bonds. The van der Waals surface area contributed by atoms with Crippen LogP contribution in [-0.4, -0.2) is 43.2 Å². The lowest BCUT2D eigenvalue weighted by Gasteiger charge is -2.27. The van der Waals surface area contributed by atoms with E-state index in [1.165, 1.54) is 0 Å². The summed E-state index contributed by atoms with van der Waals surface area (Å²) in [6.45, 7) is 7.31. The Kier molecular flexibility index (Phi) is 5.66. The number of nitrogens with one attached hydrogen (secondary N) is 1. The van der Waals surface area contributed by atoms with E-state index in [4.69, 9.17) is 4.74 Å². The molecule has 1 saturated heterocycles. The first-order valence-electron chi connectivity index (χ1n) is 8.87. The van der Waals surface area contributed by atoms with Crippen molar-refractivity contribution in [1.29, 1.82) is 0 Å². The summed E-state index contributed by atoms with van der Waals surface area (Å²) >= 11 is 0. The maximum Gasteiger partial charge on any atom is 0.251 e. The van der Waals surface area contributed by atoms with Gasteiger partial charge in [-0.25, -0.2) is 4.98 Å². The van der Waals surface area contributed by atoms with Gasteiger partial charge in [-0.1, -0.05) is 19.1 Å². The Bertz CT molecular complexity index is 709. The van der Waals surface area contributed by atoms with E-state index in [1.807, 2.05) is 43.5 Å². The standard InChI is InChI=1S/C20H25N3O2/c1-3-15(2)22-20(24)17-6-4-5-16(13-17)18-7-8-19(21-14-18)23-9-11-25-12-10-23/h4-8,13-15H,3,9-12H2,1-2H3,(H,22,24). The second kappa shape index (κ2) is 8.12. The van der Waals surface area contributed by atoms with Gasteiger partial charge < -0.3 is 15.0 Å². The van der Waals surface area contributed by atoms with Gasteiger partial charge in [0, 0.05) is 36.5 Å². The summed E-state index contributed by atoms with van der Waals surface area (Å²) < 4.78 is 5.38. The number of anilines is 1. The highest BCUT2D eigenvalue weighted by atomic mass is 16.5. The summed E-state index contributed by atoms with van der Waals surface area (Å²) in [5, 5.41) is 3.00. The second-order valence-electron chi connectivity index (χ2n) is 6.37.